The molecule has 0 radical (unpaired) electrons. The van der Waals surface area contributed by atoms with E-state index in [4.69, 9.17) is 0 Å². The van der Waals surface area contributed by atoms with E-state index in [0.717, 1.165) is 29.7 Å². The molecular weight excluding hydrogens is 206 g/mol. The van der Waals surface area contributed by atoms with Gasteiger partial charge < -0.3 is 5.32 Å². The van der Waals surface area contributed by atoms with Crippen molar-refractivity contribution in [2.45, 2.75) is 76.3 Å². The predicted molar refractivity (Wildman–Crippen MR) is 70.8 cm³/mol. The summed E-state index contributed by atoms with van der Waals surface area (Å²) in [6.07, 6.45) is 13.6. The summed E-state index contributed by atoms with van der Waals surface area (Å²) in [4.78, 5) is 0. The van der Waals surface area contributed by atoms with Crippen LogP contribution < -0.4 is 5.32 Å². The van der Waals surface area contributed by atoms with Crippen molar-refractivity contribution in [1.29, 1.82) is 0 Å². The fourth-order valence-corrected chi connectivity index (χ4v) is 6.22. The second kappa shape index (κ2) is 3.73. The molecule has 2 bridgehead atoms. The van der Waals surface area contributed by atoms with E-state index in [-0.39, 0.29) is 0 Å². The Morgan fingerprint density at radius 3 is 2.47 bits per heavy atom. The Balaban J connectivity index is 1.69. The number of hydrogen-bond donors (Lipinski definition) is 1. The monoisotopic (exact) mass is 233 g/mol. The van der Waals surface area contributed by atoms with Crippen LogP contribution in [0.4, 0.5) is 0 Å². The van der Waals surface area contributed by atoms with Gasteiger partial charge in [-0.15, -0.1) is 0 Å². The lowest BCUT2D eigenvalue weighted by Crippen LogP contribution is -2.57. The molecule has 1 heteroatoms. The molecule has 96 valence electrons. The Morgan fingerprint density at radius 2 is 1.59 bits per heavy atom. The lowest BCUT2D eigenvalue weighted by molar-refractivity contribution is 0.0543. The molecule has 6 atom stereocenters. The summed E-state index contributed by atoms with van der Waals surface area (Å²) in [6.45, 7) is 2.60. The van der Waals surface area contributed by atoms with Crippen molar-refractivity contribution in [3.63, 3.8) is 0 Å². The lowest BCUT2D eigenvalue weighted by Gasteiger charge is -2.49. The van der Waals surface area contributed by atoms with Crippen LogP contribution in [-0.4, -0.2) is 11.6 Å². The van der Waals surface area contributed by atoms with E-state index >= 15 is 0 Å². The Kier molecular flexibility index (Phi) is 2.38. The molecule has 0 aromatic carbocycles. The topological polar surface area (TPSA) is 12.0 Å². The van der Waals surface area contributed by atoms with Crippen LogP contribution in [0.1, 0.15) is 64.7 Å². The van der Waals surface area contributed by atoms with Gasteiger partial charge in [0.1, 0.15) is 0 Å². The van der Waals surface area contributed by atoms with Gasteiger partial charge in [-0.25, -0.2) is 0 Å². The number of nitrogens with one attached hydrogen (secondary N) is 1. The van der Waals surface area contributed by atoms with Crippen LogP contribution in [0.2, 0.25) is 0 Å². The second-order valence-electron chi connectivity index (χ2n) is 7.48. The summed E-state index contributed by atoms with van der Waals surface area (Å²) < 4.78 is 0. The van der Waals surface area contributed by atoms with Gasteiger partial charge in [0.05, 0.1) is 0 Å². The number of fused-ring (bicyclic) bond motifs is 7. The van der Waals surface area contributed by atoms with Gasteiger partial charge in [0.25, 0.3) is 0 Å². The summed E-state index contributed by atoms with van der Waals surface area (Å²) >= 11 is 0. The van der Waals surface area contributed by atoms with Crippen LogP contribution in [0.5, 0.6) is 0 Å². The van der Waals surface area contributed by atoms with Gasteiger partial charge in [0.2, 0.25) is 0 Å². The van der Waals surface area contributed by atoms with Crippen molar-refractivity contribution in [3.05, 3.63) is 0 Å². The SMILES string of the molecule is CC12N[C@H](CC3CCCCC31)C1CCCCC12. The molecule has 1 N–H and O–H groups in total. The zero-order valence-electron chi connectivity index (χ0n) is 11.3. The van der Waals surface area contributed by atoms with E-state index in [9.17, 15) is 0 Å². The molecule has 17 heavy (non-hydrogen) atoms. The molecule has 2 heterocycles. The van der Waals surface area contributed by atoms with E-state index in [1.54, 1.807) is 0 Å². The minimum absolute atomic E-state index is 0.527. The van der Waals surface area contributed by atoms with Crippen LogP contribution in [0.3, 0.4) is 0 Å². The van der Waals surface area contributed by atoms with Crippen LogP contribution in [0.15, 0.2) is 0 Å². The lowest BCUT2D eigenvalue weighted by atomic mass is 9.62. The van der Waals surface area contributed by atoms with Gasteiger partial charge in [-0.2, -0.15) is 0 Å². The van der Waals surface area contributed by atoms with Gasteiger partial charge in [0, 0.05) is 11.6 Å². The zero-order chi connectivity index (χ0) is 11.5. The van der Waals surface area contributed by atoms with E-state index < -0.39 is 0 Å². The third-order valence-electron chi connectivity index (χ3n) is 6.84. The first kappa shape index (κ1) is 10.8. The molecule has 2 aliphatic heterocycles. The summed E-state index contributed by atoms with van der Waals surface area (Å²) in [5.74, 6) is 4.15. The molecule has 2 saturated heterocycles. The van der Waals surface area contributed by atoms with Crippen molar-refractivity contribution in [1.82, 2.24) is 5.32 Å². The number of piperidine rings is 1. The first-order chi connectivity index (χ1) is 8.29. The van der Waals surface area contributed by atoms with Gasteiger partial charge in [-0.1, -0.05) is 32.1 Å². The molecule has 1 nitrogen and oxygen atoms in total. The van der Waals surface area contributed by atoms with Gasteiger partial charge in [-0.3, -0.25) is 0 Å². The number of hydrogen-bond acceptors (Lipinski definition) is 1. The van der Waals surface area contributed by atoms with Crippen molar-refractivity contribution in [3.8, 4) is 0 Å². The predicted octanol–water partition coefficient (Wildman–Crippen LogP) is 3.73. The zero-order valence-corrected chi connectivity index (χ0v) is 11.3. The molecule has 5 unspecified atom stereocenters. The van der Waals surface area contributed by atoms with Crippen LogP contribution in [-0.2, 0) is 0 Å². The molecule has 0 spiro atoms. The highest BCUT2D eigenvalue weighted by Gasteiger charge is 2.59. The summed E-state index contributed by atoms with van der Waals surface area (Å²) in [6, 6.07) is 0.893. The maximum atomic E-state index is 4.11. The van der Waals surface area contributed by atoms with E-state index in [2.05, 4.69) is 12.2 Å². The van der Waals surface area contributed by atoms with E-state index in [0.29, 0.717) is 5.54 Å². The van der Waals surface area contributed by atoms with E-state index in [1.165, 1.54) is 57.8 Å². The highest BCUT2D eigenvalue weighted by molar-refractivity contribution is 5.15. The number of rotatable bonds is 0. The molecular formula is C16H27N. The Labute approximate surface area is 106 Å². The highest BCUT2D eigenvalue weighted by atomic mass is 15.1. The maximum Gasteiger partial charge on any atom is 0.0218 e. The highest BCUT2D eigenvalue weighted by Crippen LogP contribution is 2.57. The minimum atomic E-state index is 0.527. The average molecular weight is 233 g/mol. The molecule has 0 amide bonds. The Bertz CT molecular complexity index is 305. The maximum absolute atomic E-state index is 4.11. The van der Waals surface area contributed by atoms with Crippen molar-refractivity contribution < 1.29 is 0 Å². The third-order valence-corrected chi connectivity index (χ3v) is 6.84. The first-order valence-electron chi connectivity index (χ1n) is 8.07. The van der Waals surface area contributed by atoms with Crippen LogP contribution in [0.25, 0.3) is 0 Å². The molecule has 4 rings (SSSR count). The molecule has 2 saturated carbocycles. The van der Waals surface area contributed by atoms with Crippen LogP contribution in [0, 0.1) is 23.7 Å². The molecule has 0 aromatic rings. The van der Waals surface area contributed by atoms with Crippen LogP contribution >= 0.6 is 0 Å². The third kappa shape index (κ3) is 1.41. The first-order valence-corrected chi connectivity index (χ1v) is 8.07. The van der Waals surface area contributed by atoms with Gasteiger partial charge >= 0.3 is 0 Å². The van der Waals surface area contributed by atoms with Gasteiger partial charge in [0.15, 0.2) is 0 Å². The smallest absolute Gasteiger partial charge is 0.0218 e. The molecule has 4 aliphatic rings. The average Bonchev–Trinajstić information content (AvgIpc) is 2.61. The minimum Gasteiger partial charge on any atom is -0.308 e. The molecule has 2 aliphatic carbocycles. The molecule has 0 aromatic heterocycles. The quantitative estimate of drug-likeness (QED) is 0.672. The molecule has 4 fully saturated rings. The summed E-state index contributed by atoms with van der Waals surface area (Å²) in [5, 5.41) is 4.11. The van der Waals surface area contributed by atoms with Gasteiger partial charge in [-0.05, 0) is 56.3 Å². The van der Waals surface area contributed by atoms with Crippen molar-refractivity contribution in [2.75, 3.05) is 0 Å². The van der Waals surface area contributed by atoms with E-state index in [1.807, 2.05) is 0 Å². The van der Waals surface area contributed by atoms with Crippen molar-refractivity contribution in [2.24, 2.45) is 23.7 Å². The summed E-state index contributed by atoms with van der Waals surface area (Å²) in [5.41, 5.74) is 0.527. The Morgan fingerprint density at radius 1 is 0.882 bits per heavy atom. The second-order valence-corrected chi connectivity index (χ2v) is 7.48. The summed E-state index contributed by atoms with van der Waals surface area (Å²) in [7, 11) is 0. The largest absolute Gasteiger partial charge is 0.308 e. The fraction of sp³-hybridized carbons (Fsp3) is 1.00. The standard InChI is InChI=1S/C16H27N/c1-16-13-8-4-2-6-11(13)10-15(17-16)12-7-3-5-9-14(12)16/h11-15,17H,2-10H2,1H3/t11?,12?,13?,14?,15-,16?/m1/s1. The Hall–Kier alpha value is -0.0400. The van der Waals surface area contributed by atoms with Crippen molar-refractivity contribution >= 4 is 0 Å². The fourth-order valence-electron chi connectivity index (χ4n) is 6.22. The normalized spacial score (nSPS) is 57.4.